The van der Waals surface area contributed by atoms with E-state index >= 15 is 0 Å². The van der Waals surface area contributed by atoms with E-state index in [1.807, 2.05) is 39.8 Å². The molecule has 0 spiro atoms. The molecule has 8 nitrogen and oxygen atoms in total. The second-order valence-electron chi connectivity index (χ2n) is 6.87. The van der Waals surface area contributed by atoms with E-state index in [-0.39, 0.29) is 29.4 Å². The third kappa shape index (κ3) is 8.74. The molecular formula is C18H30IN5O3. The maximum absolute atomic E-state index is 5.56. The number of hydrogen-bond donors (Lipinski definition) is 2. The van der Waals surface area contributed by atoms with Crippen LogP contribution < -0.4 is 10.6 Å². The van der Waals surface area contributed by atoms with Crippen LogP contribution in [0.5, 0.6) is 0 Å². The van der Waals surface area contributed by atoms with Gasteiger partial charge in [-0.15, -0.1) is 24.0 Å². The van der Waals surface area contributed by atoms with Crippen LogP contribution in [0.1, 0.15) is 51.6 Å². The Labute approximate surface area is 177 Å². The van der Waals surface area contributed by atoms with E-state index < -0.39 is 0 Å². The van der Waals surface area contributed by atoms with Crippen molar-refractivity contribution in [1.29, 1.82) is 0 Å². The van der Waals surface area contributed by atoms with Crippen LogP contribution >= 0.6 is 24.0 Å². The Morgan fingerprint density at radius 3 is 2.74 bits per heavy atom. The Morgan fingerprint density at radius 2 is 2.11 bits per heavy atom. The number of guanidine groups is 1. The van der Waals surface area contributed by atoms with Gasteiger partial charge >= 0.3 is 0 Å². The molecule has 27 heavy (non-hydrogen) atoms. The maximum Gasteiger partial charge on any atom is 0.232 e. The lowest BCUT2D eigenvalue weighted by Crippen LogP contribution is -2.38. The quantitative estimate of drug-likeness (QED) is 0.241. The smallest absolute Gasteiger partial charge is 0.232 e. The molecule has 9 heteroatoms. The molecule has 2 N–H and O–H groups in total. The molecule has 0 fully saturated rings. The van der Waals surface area contributed by atoms with Crippen LogP contribution in [0.3, 0.4) is 0 Å². The average molecular weight is 491 g/mol. The fourth-order valence-electron chi connectivity index (χ4n) is 2.06. The van der Waals surface area contributed by atoms with Crippen molar-refractivity contribution in [3.05, 3.63) is 35.9 Å². The summed E-state index contributed by atoms with van der Waals surface area (Å²) in [6.45, 7) is 11.2. The fourth-order valence-corrected chi connectivity index (χ4v) is 2.06. The molecule has 2 rings (SSSR count). The molecule has 0 aliphatic carbocycles. The van der Waals surface area contributed by atoms with Crippen molar-refractivity contribution in [3.8, 4) is 0 Å². The van der Waals surface area contributed by atoms with Crippen LogP contribution in [0.15, 0.2) is 32.3 Å². The molecule has 0 saturated heterocycles. The molecule has 0 aliphatic heterocycles. The van der Waals surface area contributed by atoms with Gasteiger partial charge in [0.25, 0.3) is 0 Å². The number of halogens is 1. The topological polar surface area (TPSA) is 97.7 Å². The van der Waals surface area contributed by atoms with Crippen molar-refractivity contribution >= 4 is 29.9 Å². The minimum absolute atomic E-state index is 0. The summed E-state index contributed by atoms with van der Waals surface area (Å²) in [7, 11) is 0. The zero-order chi connectivity index (χ0) is 18.8. The van der Waals surface area contributed by atoms with E-state index in [0.717, 1.165) is 31.2 Å². The van der Waals surface area contributed by atoms with E-state index in [9.17, 15) is 0 Å². The number of nitrogens with zero attached hydrogens (tertiary/aromatic N) is 3. The summed E-state index contributed by atoms with van der Waals surface area (Å²) in [6.07, 6.45) is 2.51. The van der Waals surface area contributed by atoms with Crippen molar-refractivity contribution in [2.45, 2.75) is 52.7 Å². The van der Waals surface area contributed by atoms with Crippen LogP contribution in [0.25, 0.3) is 0 Å². The van der Waals surface area contributed by atoms with Crippen molar-refractivity contribution < 1.29 is 13.7 Å². The summed E-state index contributed by atoms with van der Waals surface area (Å²) >= 11 is 0. The van der Waals surface area contributed by atoms with Gasteiger partial charge in [-0.25, -0.2) is 4.99 Å². The van der Waals surface area contributed by atoms with Crippen LogP contribution in [0, 0.1) is 0 Å². The Hall–Kier alpha value is -1.62. The normalized spacial score (nSPS) is 11.9. The van der Waals surface area contributed by atoms with Crippen LogP contribution in [0.4, 0.5) is 0 Å². The predicted molar refractivity (Wildman–Crippen MR) is 114 cm³/mol. The molecule has 2 aromatic rings. The lowest BCUT2D eigenvalue weighted by atomic mass is 9.97. The third-order valence-corrected chi connectivity index (χ3v) is 3.41. The highest BCUT2D eigenvalue weighted by molar-refractivity contribution is 14.0. The summed E-state index contributed by atoms with van der Waals surface area (Å²) in [6, 6.07) is 3.75. The minimum atomic E-state index is -0.159. The highest BCUT2D eigenvalue weighted by Crippen LogP contribution is 2.19. The molecule has 0 aromatic carbocycles. The van der Waals surface area contributed by atoms with Gasteiger partial charge < -0.3 is 24.3 Å². The summed E-state index contributed by atoms with van der Waals surface area (Å²) in [4.78, 5) is 8.88. The lowest BCUT2D eigenvalue weighted by molar-refractivity contribution is 0.105. The first-order valence-electron chi connectivity index (χ1n) is 8.94. The van der Waals surface area contributed by atoms with Gasteiger partial charge in [-0.1, -0.05) is 25.9 Å². The molecule has 0 bridgehead atoms. The SMILES string of the molecule is CCNC(=NCc1noc(C(C)(C)C)n1)NCCCOCc1ccco1.I. The molecule has 0 unspecified atom stereocenters. The Kier molecular flexibility index (Phi) is 10.4. The van der Waals surface area contributed by atoms with Crippen LogP contribution in [-0.4, -0.2) is 35.8 Å². The van der Waals surface area contributed by atoms with Gasteiger partial charge in [0.05, 0.1) is 6.26 Å². The third-order valence-electron chi connectivity index (χ3n) is 3.41. The lowest BCUT2D eigenvalue weighted by Gasteiger charge is -2.11. The number of furan rings is 1. The maximum atomic E-state index is 5.56. The Balaban J connectivity index is 0.00000364. The molecule has 0 radical (unpaired) electrons. The summed E-state index contributed by atoms with van der Waals surface area (Å²) in [5.41, 5.74) is -0.159. The second-order valence-corrected chi connectivity index (χ2v) is 6.87. The summed E-state index contributed by atoms with van der Waals surface area (Å²) < 4.78 is 16.1. The number of rotatable bonds is 9. The van der Waals surface area contributed by atoms with E-state index in [4.69, 9.17) is 13.7 Å². The van der Waals surface area contributed by atoms with Crippen molar-refractivity contribution in [2.24, 2.45) is 4.99 Å². The minimum Gasteiger partial charge on any atom is -0.467 e. The molecule has 2 heterocycles. The molecule has 0 atom stereocenters. The van der Waals surface area contributed by atoms with Gasteiger partial charge in [0.2, 0.25) is 5.89 Å². The van der Waals surface area contributed by atoms with Crippen LogP contribution in [0.2, 0.25) is 0 Å². The van der Waals surface area contributed by atoms with Crippen molar-refractivity contribution in [2.75, 3.05) is 19.7 Å². The summed E-state index contributed by atoms with van der Waals surface area (Å²) in [5.74, 6) is 2.76. The highest BCUT2D eigenvalue weighted by atomic mass is 127. The first-order chi connectivity index (χ1) is 12.5. The van der Waals surface area contributed by atoms with Crippen molar-refractivity contribution in [3.63, 3.8) is 0 Å². The van der Waals surface area contributed by atoms with E-state index in [1.165, 1.54) is 0 Å². The number of aliphatic imine (C=N–C) groups is 1. The first-order valence-corrected chi connectivity index (χ1v) is 8.94. The Morgan fingerprint density at radius 1 is 1.30 bits per heavy atom. The highest BCUT2D eigenvalue weighted by Gasteiger charge is 2.21. The van der Waals surface area contributed by atoms with Gasteiger partial charge in [-0.2, -0.15) is 4.98 Å². The molecule has 0 amide bonds. The monoisotopic (exact) mass is 491 g/mol. The van der Waals surface area contributed by atoms with Gasteiger partial charge in [0.15, 0.2) is 11.8 Å². The van der Waals surface area contributed by atoms with Crippen molar-refractivity contribution in [1.82, 2.24) is 20.8 Å². The summed E-state index contributed by atoms with van der Waals surface area (Å²) in [5, 5.41) is 10.5. The van der Waals surface area contributed by atoms with Gasteiger partial charge in [0, 0.05) is 25.1 Å². The van der Waals surface area contributed by atoms with E-state index in [2.05, 4.69) is 25.8 Å². The number of ether oxygens (including phenoxy) is 1. The van der Waals surface area contributed by atoms with Crippen LogP contribution in [-0.2, 0) is 23.3 Å². The standard InChI is InChI=1S/C18H29N5O3.HI/c1-5-19-17(20-9-7-10-24-13-14-8-6-11-25-14)21-12-15-22-16(26-23-15)18(2,3)4;/h6,8,11H,5,7,9-10,12-13H2,1-4H3,(H2,19,20,21);1H. The second kappa shape index (κ2) is 12.0. The molecule has 0 saturated carbocycles. The Bertz CT molecular complexity index is 665. The number of nitrogens with one attached hydrogen (secondary N) is 2. The largest absolute Gasteiger partial charge is 0.467 e. The zero-order valence-electron chi connectivity index (χ0n) is 16.4. The number of hydrogen-bond acceptors (Lipinski definition) is 6. The van der Waals surface area contributed by atoms with Gasteiger partial charge in [-0.3, -0.25) is 0 Å². The van der Waals surface area contributed by atoms with E-state index in [1.54, 1.807) is 6.26 Å². The fraction of sp³-hybridized carbons (Fsp3) is 0.611. The predicted octanol–water partition coefficient (Wildman–Crippen LogP) is 3.24. The van der Waals surface area contributed by atoms with E-state index in [0.29, 0.717) is 31.5 Å². The van der Waals surface area contributed by atoms with Gasteiger partial charge in [0.1, 0.15) is 18.9 Å². The average Bonchev–Trinajstić information content (AvgIpc) is 3.26. The molecule has 0 aliphatic rings. The molecule has 152 valence electrons. The zero-order valence-corrected chi connectivity index (χ0v) is 18.8. The van der Waals surface area contributed by atoms with Gasteiger partial charge in [-0.05, 0) is 25.5 Å². The molecular weight excluding hydrogens is 461 g/mol. The number of aromatic nitrogens is 2. The molecule has 2 aromatic heterocycles. The first kappa shape index (κ1) is 23.4.